The van der Waals surface area contributed by atoms with Gasteiger partial charge in [0.2, 0.25) is 5.91 Å². The lowest BCUT2D eigenvalue weighted by Crippen LogP contribution is -2.39. The summed E-state index contributed by atoms with van der Waals surface area (Å²) in [5.41, 5.74) is 0.711. The second-order valence-corrected chi connectivity index (χ2v) is 7.28. The van der Waals surface area contributed by atoms with Crippen molar-refractivity contribution in [2.24, 2.45) is 4.99 Å². The van der Waals surface area contributed by atoms with E-state index in [2.05, 4.69) is 26.2 Å². The summed E-state index contributed by atoms with van der Waals surface area (Å²) in [6.45, 7) is 2.75. The van der Waals surface area contributed by atoms with Gasteiger partial charge in [-0.15, -0.1) is 0 Å². The van der Waals surface area contributed by atoms with Crippen molar-refractivity contribution in [1.82, 2.24) is 4.90 Å². The third kappa shape index (κ3) is 4.33. The Labute approximate surface area is 146 Å². The molecule has 1 fully saturated rings. The molecule has 8 heteroatoms. The zero-order valence-corrected chi connectivity index (χ0v) is 14.7. The monoisotopic (exact) mass is 397 g/mol. The maximum absolute atomic E-state index is 12.1. The van der Waals surface area contributed by atoms with Crippen LogP contribution in [0.4, 0.5) is 5.69 Å². The molecule has 0 aromatic heterocycles. The number of nitrogens with zero attached hydrogens (tertiary/aromatic N) is 2. The maximum Gasteiger partial charge on any atom is 0.262 e. The Balaban J connectivity index is 1.53. The minimum Gasteiger partial charge on any atom is -0.378 e. The van der Waals surface area contributed by atoms with Crippen molar-refractivity contribution in [3.8, 4) is 0 Å². The number of anilines is 1. The average molecular weight is 398 g/mol. The number of aliphatic imine (C=N–C) groups is 1. The van der Waals surface area contributed by atoms with Gasteiger partial charge in [0.15, 0.2) is 5.17 Å². The molecule has 0 radical (unpaired) electrons. The minimum atomic E-state index is -0.441. The average Bonchev–Trinajstić information content (AvgIpc) is 2.91. The third-order valence-electron chi connectivity index (χ3n) is 3.51. The molecule has 1 aromatic rings. The molecule has 1 aromatic carbocycles. The number of nitrogens with one attached hydrogen (secondary N) is 1. The van der Waals surface area contributed by atoms with Crippen LogP contribution in [0.25, 0.3) is 0 Å². The molecule has 0 saturated carbocycles. The van der Waals surface area contributed by atoms with E-state index in [1.165, 1.54) is 11.8 Å². The number of amidine groups is 1. The Morgan fingerprint density at radius 2 is 2.04 bits per heavy atom. The van der Waals surface area contributed by atoms with Gasteiger partial charge in [0.05, 0.1) is 13.2 Å². The summed E-state index contributed by atoms with van der Waals surface area (Å²) in [6, 6.07) is 7.32. The van der Waals surface area contributed by atoms with Crippen LogP contribution in [0.1, 0.15) is 6.42 Å². The second kappa shape index (κ2) is 7.46. The number of carbonyl (C=O) groups excluding carboxylic acids is 2. The lowest BCUT2D eigenvalue weighted by Gasteiger charge is -2.27. The molecule has 1 N–H and O–H groups in total. The fraction of sp³-hybridized carbons (Fsp3) is 0.400. The number of halogens is 1. The van der Waals surface area contributed by atoms with E-state index < -0.39 is 5.25 Å². The minimum absolute atomic E-state index is 0.122. The van der Waals surface area contributed by atoms with Crippen LogP contribution in [-0.4, -0.2) is 53.4 Å². The molecule has 1 atom stereocenters. The molecule has 0 spiro atoms. The summed E-state index contributed by atoms with van der Waals surface area (Å²) in [6.07, 6.45) is 0.122. The Morgan fingerprint density at radius 1 is 1.35 bits per heavy atom. The number of hydrogen-bond donors (Lipinski definition) is 1. The predicted molar refractivity (Wildman–Crippen MR) is 93.6 cm³/mol. The van der Waals surface area contributed by atoms with Gasteiger partial charge in [0.1, 0.15) is 5.25 Å². The highest BCUT2D eigenvalue weighted by Gasteiger charge is 2.33. The number of amides is 2. The zero-order chi connectivity index (χ0) is 16.2. The SMILES string of the molecule is O=C(C[C@@H]1SC(N2CCOCC2)=NC1=O)Nc1ccc(Br)cc1. The first-order valence-electron chi connectivity index (χ1n) is 7.29. The third-order valence-corrected chi connectivity index (χ3v) is 5.25. The van der Waals surface area contributed by atoms with Crippen molar-refractivity contribution in [3.63, 3.8) is 0 Å². The van der Waals surface area contributed by atoms with E-state index in [-0.39, 0.29) is 18.2 Å². The van der Waals surface area contributed by atoms with Crippen molar-refractivity contribution in [1.29, 1.82) is 0 Å². The van der Waals surface area contributed by atoms with Gasteiger partial charge < -0.3 is 15.0 Å². The van der Waals surface area contributed by atoms with E-state index in [4.69, 9.17) is 4.74 Å². The van der Waals surface area contributed by atoms with Crippen molar-refractivity contribution in [2.45, 2.75) is 11.7 Å². The second-order valence-electron chi connectivity index (χ2n) is 5.20. The first-order valence-corrected chi connectivity index (χ1v) is 8.96. The molecule has 0 bridgehead atoms. The number of hydrogen-bond acceptors (Lipinski definition) is 5. The summed E-state index contributed by atoms with van der Waals surface area (Å²) in [4.78, 5) is 30.2. The normalized spacial score (nSPS) is 21.3. The standard InChI is InChI=1S/C15H16BrN3O3S/c16-10-1-3-11(4-2-10)17-13(20)9-12-14(21)18-15(23-12)19-5-7-22-8-6-19/h1-4,12H,5-9H2,(H,17,20)/t12-/m0/s1. The smallest absolute Gasteiger partial charge is 0.262 e. The van der Waals surface area contributed by atoms with Crippen LogP contribution in [-0.2, 0) is 14.3 Å². The fourth-order valence-corrected chi connectivity index (χ4v) is 3.69. The Morgan fingerprint density at radius 3 is 2.74 bits per heavy atom. The molecule has 6 nitrogen and oxygen atoms in total. The quantitative estimate of drug-likeness (QED) is 0.845. The van der Waals surface area contributed by atoms with E-state index >= 15 is 0 Å². The lowest BCUT2D eigenvalue weighted by atomic mass is 10.2. The maximum atomic E-state index is 12.1. The van der Waals surface area contributed by atoms with Gasteiger partial charge in [-0.1, -0.05) is 27.7 Å². The van der Waals surface area contributed by atoms with Gasteiger partial charge in [-0.3, -0.25) is 9.59 Å². The summed E-state index contributed by atoms with van der Waals surface area (Å²) >= 11 is 4.71. The molecule has 3 rings (SSSR count). The predicted octanol–water partition coefficient (Wildman–Crippen LogP) is 2.11. The summed E-state index contributed by atoms with van der Waals surface area (Å²) < 4.78 is 6.24. The Bertz CT molecular complexity index is 629. The zero-order valence-electron chi connectivity index (χ0n) is 12.3. The Kier molecular flexibility index (Phi) is 5.34. The van der Waals surface area contributed by atoms with Gasteiger partial charge in [-0.2, -0.15) is 4.99 Å². The highest BCUT2D eigenvalue weighted by Crippen LogP contribution is 2.28. The van der Waals surface area contributed by atoms with Crippen LogP contribution in [0.2, 0.25) is 0 Å². The number of benzene rings is 1. The first-order chi connectivity index (χ1) is 11.1. The topological polar surface area (TPSA) is 71.0 Å². The van der Waals surface area contributed by atoms with Crippen molar-refractivity contribution < 1.29 is 14.3 Å². The van der Waals surface area contributed by atoms with Crippen molar-refractivity contribution in [2.75, 3.05) is 31.6 Å². The molecule has 1 saturated heterocycles. The van der Waals surface area contributed by atoms with E-state index in [9.17, 15) is 9.59 Å². The van der Waals surface area contributed by atoms with Crippen LogP contribution in [0, 0.1) is 0 Å². The molecule has 23 heavy (non-hydrogen) atoms. The number of carbonyl (C=O) groups is 2. The highest BCUT2D eigenvalue weighted by molar-refractivity contribution is 9.10. The molecule has 0 unspecified atom stereocenters. The molecular weight excluding hydrogens is 382 g/mol. The van der Waals surface area contributed by atoms with E-state index in [0.717, 1.165) is 17.6 Å². The summed E-state index contributed by atoms with van der Waals surface area (Å²) in [5.74, 6) is -0.418. The molecular formula is C15H16BrN3O3S. The molecule has 2 amide bonds. The lowest BCUT2D eigenvalue weighted by molar-refractivity contribution is -0.121. The first kappa shape index (κ1) is 16.5. The van der Waals surface area contributed by atoms with Crippen molar-refractivity contribution in [3.05, 3.63) is 28.7 Å². The number of morpholine rings is 1. The number of ether oxygens (including phenoxy) is 1. The molecule has 2 aliphatic heterocycles. The van der Waals surface area contributed by atoms with Gasteiger partial charge in [0.25, 0.3) is 5.91 Å². The van der Waals surface area contributed by atoms with E-state index in [0.29, 0.717) is 24.1 Å². The number of rotatable bonds is 3. The van der Waals surface area contributed by atoms with Crippen LogP contribution < -0.4 is 5.32 Å². The fourth-order valence-electron chi connectivity index (χ4n) is 2.31. The summed E-state index contributed by atoms with van der Waals surface area (Å²) in [5, 5.41) is 3.07. The Hall–Kier alpha value is -1.38. The van der Waals surface area contributed by atoms with Crippen LogP contribution >= 0.6 is 27.7 Å². The van der Waals surface area contributed by atoms with Gasteiger partial charge in [-0.05, 0) is 24.3 Å². The van der Waals surface area contributed by atoms with Gasteiger partial charge in [0, 0.05) is 29.7 Å². The van der Waals surface area contributed by atoms with Crippen LogP contribution in [0.5, 0.6) is 0 Å². The molecule has 122 valence electrons. The highest BCUT2D eigenvalue weighted by atomic mass is 79.9. The van der Waals surface area contributed by atoms with Gasteiger partial charge >= 0.3 is 0 Å². The van der Waals surface area contributed by atoms with Crippen LogP contribution in [0.15, 0.2) is 33.7 Å². The largest absolute Gasteiger partial charge is 0.378 e. The van der Waals surface area contributed by atoms with E-state index in [1.807, 2.05) is 17.0 Å². The summed E-state index contributed by atoms with van der Waals surface area (Å²) in [7, 11) is 0. The molecule has 0 aliphatic carbocycles. The van der Waals surface area contributed by atoms with Crippen molar-refractivity contribution >= 4 is 50.4 Å². The number of thioether (sulfide) groups is 1. The van der Waals surface area contributed by atoms with Gasteiger partial charge in [-0.25, -0.2) is 0 Å². The molecule has 2 heterocycles. The molecule has 2 aliphatic rings. The van der Waals surface area contributed by atoms with E-state index in [1.54, 1.807) is 12.1 Å². The van der Waals surface area contributed by atoms with Crippen LogP contribution in [0.3, 0.4) is 0 Å².